The molecule has 1 amide bonds. The summed E-state index contributed by atoms with van der Waals surface area (Å²) in [5, 5.41) is 12.4. The molecule has 1 atom stereocenters. The van der Waals surface area contributed by atoms with Gasteiger partial charge in [0, 0.05) is 24.6 Å². The smallest absolute Gasteiger partial charge is 0.230 e. The first-order chi connectivity index (χ1) is 13.1. The van der Waals surface area contributed by atoms with Crippen LogP contribution < -0.4 is 5.32 Å². The number of benzene rings is 1. The van der Waals surface area contributed by atoms with Crippen molar-refractivity contribution in [1.29, 1.82) is 0 Å². The van der Waals surface area contributed by atoms with E-state index in [4.69, 9.17) is 4.42 Å². The molecule has 1 unspecified atom stereocenters. The van der Waals surface area contributed by atoms with Gasteiger partial charge in [0.2, 0.25) is 5.91 Å². The number of nitrogens with one attached hydrogen (secondary N) is 1. The van der Waals surface area contributed by atoms with Crippen molar-refractivity contribution in [3.63, 3.8) is 0 Å². The zero-order chi connectivity index (χ0) is 19.2. The average molecular weight is 385 g/mol. The number of rotatable bonds is 8. The Morgan fingerprint density at radius 2 is 2.15 bits per heavy atom. The van der Waals surface area contributed by atoms with Gasteiger partial charge in [0.05, 0.1) is 12.0 Å². The number of carbonyl (C=O) groups excluding carboxylic acids is 1. The fourth-order valence-corrected chi connectivity index (χ4v) is 3.72. The summed E-state index contributed by atoms with van der Waals surface area (Å²) in [6.07, 6.45) is 2.31. The summed E-state index contributed by atoms with van der Waals surface area (Å²) in [6.45, 7) is 6.82. The number of hydrogen-bond acceptors (Lipinski definition) is 5. The van der Waals surface area contributed by atoms with E-state index in [1.807, 2.05) is 35.8 Å². The third kappa shape index (κ3) is 5.01. The molecule has 2 aromatic heterocycles. The number of furan rings is 1. The quantitative estimate of drug-likeness (QED) is 0.600. The summed E-state index contributed by atoms with van der Waals surface area (Å²) in [4.78, 5) is 12.3. The Morgan fingerprint density at radius 3 is 2.85 bits per heavy atom. The summed E-state index contributed by atoms with van der Waals surface area (Å²) in [6, 6.07) is 12.0. The highest BCUT2D eigenvalue weighted by Crippen LogP contribution is 2.24. The molecule has 3 aromatic rings. The lowest BCUT2D eigenvalue weighted by Crippen LogP contribution is -2.35. The number of aromatic nitrogens is 3. The highest BCUT2D eigenvalue weighted by molar-refractivity contribution is 7.99. The highest BCUT2D eigenvalue weighted by Gasteiger charge is 2.16. The first-order valence-corrected chi connectivity index (χ1v) is 10.00. The van der Waals surface area contributed by atoms with Crippen LogP contribution in [0.2, 0.25) is 0 Å². The van der Waals surface area contributed by atoms with E-state index < -0.39 is 0 Å². The van der Waals surface area contributed by atoms with Gasteiger partial charge in [0.1, 0.15) is 5.76 Å². The molecule has 0 aliphatic heterocycles. The Labute approximate surface area is 163 Å². The lowest BCUT2D eigenvalue weighted by molar-refractivity contribution is -0.119. The van der Waals surface area contributed by atoms with Crippen LogP contribution in [-0.2, 0) is 17.8 Å². The third-order valence-electron chi connectivity index (χ3n) is 4.14. The summed E-state index contributed by atoms with van der Waals surface area (Å²) in [5.74, 6) is 1.97. The van der Waals surface area contributed by atoms with E-state index in [0.29, 0.717) is 12.2 Å². The lowest BCUT2D eigenvalue weighted by atomic mass is 10.1. The van der Waals surface area contributed by atoms with Crippen LogP contribution in [0, 0.1) is 6.92 Å². The van der Waals surface area contributed by atoms with Gasteiger partial charge in [-0.15, -0.1) is 10.2 Å². The van der Waals surface area contributed by atoms with Crippen molar-refractivity contribution >= 4 is 17.7 Å². The Balaban J connectivity index is 1.60. The molecule has 3 rings (SSSR count). The number of amides is 1. The summed E-state index contributed by atoms with van der Waals surface area (Å²) >= 11 is 1.40. The molecule has 0 bridgehead atoms. The van der Waals surface area contributed by atoms with Gasteiger partial charge >= 0.3 is 0 Å². The maximum absolute atomic E-state index is 12.3. The van der Waals surface area contributed by atoms with Gasteiger partial charge < -0.3 is 14.3 Å². The van der Waals surface area contributed by atoms with Crippen molar-refractivity contribution in [3.8, 4) is 11.4 Å². The maximum atomic E-state index is 12.3. The van der Waals surface area contributed by atoms with Gasteiger partial charge in [-0.1, -0.05) is 35.5 Å². The molecule has 0 spiro atoms. The van der Waals surface area contributed by atoms with Crippen LogP contribution in [-0.4, -0.2) is 32.5 Å². The number of aryl methyl sites for hydroxylation is 1. The second-order valence-corrected chi connectivity index (χ2v) is 7.40. The minimum atomic E-state index is -0.0261. The van der Waals surface area contributed by atoms with Crippen molar-refractivity contribution in [2.24, 2.45) is 0 Å². The number of nitrogens with zero attached hydrogens (tertiary/aromatic N) is 3. The second-order valence-electron chi connectivity index (χ2n) is 6.46. The van der Waals surface area contributed by atoms with Crippen LogP contribution in [0.3, 0.4) is 0 Å². The Kier molecular flexibility index (Phi) is 6.34. The third-order valence-corrected chi connectivity index (χ3v) is 5.10. The largest absolute Gasteiger partial charge is 0.469 e. The van der Waals surface area contributed by atoms with Gasteiger partial charge in [-0.25, -0.2) is 0 Å². The van der Waals surface area contributed by atoms with Crippen molar-refractivity contribution in [2.75, 3.05) is 5.75 Å². The number of hydrogen-bond donors (Lipinski definition) is 1. The van der Waals surface area contributed by atoms with Crippen LogP contribution in [0.25, 0.3) is 11.4 Å². The zero-order valence-electron chi connectivity index (χ0n) is 15.8. The van der Waals surface area contributed by atoms with E-state index in [1.165, 1.54) is 17.3 Å². The van der Waals surface area contributed by atoms with Gasteiger partial charge in [-0.2, -0.15) is 0 Å². The standard InChI is InChI=1S/C20H24N4O2S/c1-4-24-19(16-8-5-7-14(2)11-16)22-23-20(24)27-13-18(25)21-15(3)12-17-9-6-10-26-17/h5-11,15H,4,12-13H2,1-3H3,(H,21,25). The number of thioether (sulfide) groups is 1. The molecule has 2 heterocycles. The monoisotopic (exact) mass is 384 g/mol. The zero-order valence-corrected chi connectivity index (χ0v) is 16.6. The Hall–Kier alpha value is -2.54. The van der Waals surface area contributed by atoms with Gasteiger partial charge in [-0.3, -0.25) is 4.79 Å². The Morgan fingerprint density at radius 1 is 1.30 bits per heavy atom. The van der Waals surface area contributed by atoms with Gasteiger partial charge in [-0.05, 0) is 39.0 Å². The molecule has 27 heavy (non-hydrogen) atoms. The molecule has 0 aliphatic rings. The van der Waals surface area contributed by atoms with Crippen LogP contribution >= 0.6 is 11.8 Å². The SMILES string of the molecule is CCn1c(SCC(=O)NC(C)Cc2ccco2)nnc1-c1cccc(C)c1. The molecule has 142 valence electrons. The first-order valence-electron chi connectivity index (χ1n) is 9.01. The van der Waals surface area contributed by atoms with Crippen LogP contribution in [0.4, 0.5) is 0 Å². The van der Waals surface area contributed by atoms with Gasteiger partial charge in [0.25, 0.3) is 0 Å². The summed E-state index contributed by atoms with van der Waals surface area (Å²) < 4.78 is 7.36. The van der Waals surface area contributed by atoms with Crippen LogP contribution in [0.1, 0.15) is 25.2 Å². The molecule has 1 N–H and O–H groups in total. The minimum absolute atomic E-state index is 0.0103. The van der Waals surface area contributed by atoms with E-state index in [-0.39, 0.29) is 11.9 Å². The summed E-state index contributed by atoms with van der Waals surface area (Å²) in [5.41, 5.74) is 2.21. The molecule has 0 aliphatic carbocycles. The van der Waals surface area contributed by atoms with Crippen molar-refractivity contribution in [2.45, 2.75) is 44.9 Å². The molecular weight excluding hydrogens is 360 g/mol. The van der Waals surface area contributed by atoms with E-state index in [0.717, 1.165) is 28.8 Å². The van der Waals surface area contributed by atoms with Crippen molar-refractivity contribution in [1.82, 2.24) is 20.1 Å². The molecule has 0 saturated heterocycles. The number of carbonyl (C=O) groups is 1. The molecule has 0 fully saturated rings. The average Bonchev–Trinajstić information content (AvgIpc) is 3.28. The second kappa shape index (κ2) is 8.90. The topological polar surface area (TPSA) is 73.0 Å². The molecule has 1 aromatic carbocycles. The normalized spacial score (nSPS) is 12.1. The van der Waals surface area contributed by atoms with E-state index in [1.54, 1.807) is 6.26 Å². The molecule has 6 nitrogen and oxygen atoms in total. The van der Waals surface area contributed by atoms with Crippen LogP contribution in [0.5, 0.6) is 0 Å². The fourth-order valence-electron chi connectivity index (χ4n) is 2.91. The molecule has 0 radical (unpaired) electrons. The van der Waals surface area contributed by atoms with Crippen molar-refractivity contribution in [3.05, 3.63) is 54.0 Å². The van der Waals surface area contributed by atoms with Gasteiger partial charge in [0.15, 0.2) is 11.0 Å². The lowest BCUT2D eigenvalue weighted by Gasteiger charge is -2.12. The maximum Gasteiger partial charge on any atom is 0.230 e. The Bertz CT molecular complexity index is 889. The van der Waals surface area contributed by atoms with Crippen molar-refractivity contribution < 1.29 is 9.21 Å². The van der Waals surface area contributed by atoms with E-state index >= 15 is 0 Å². The predicted molar refractivity (Wildman–Crippen MR) is 107 cm³/mol. The van der Waals surface area contributed by atoms with Crippen LogP contribution in [0.15, 0.2) is 52.2 Å². The van der Waals surface area contributed by atoms with E-state index in [2.05, 4.69) is 41.5 Å². The molecular formula is C20H24N4O2S. The molecule has 7 heteroatoms. The van der Waals surface area contributed by atoms with E-state index in [9.17, 15) is 4.79 Å². The molecule has 0 saturated carbocycles. The summed E-state index contributed by atoms with van der Waals surface area (Å²) in [7, 11) is 0. The fraction of sp³-hybridized carbons (Fsp3) is 0.350. The first kappa shape index (κ1) is 19.2. The predicted octanol–water partition coefficient (Wildman–Crippen LogP) is 3.71. The minimum Gasteiger partial charge on any atom is -0.469 e. The highest BCUT2D eigenvalue weighted by atomic mass is 32.2.